The highest BCUT2D eigenvalue weighted by Gasteiger charge is 2.13. The van der Waals surface area contributed by atoms with E-state index < -0.39 is 0 Å². The molecule has 0 spiro atoms. The molecule has 14 heavy (non-hydrogen) atoms. The molecule has 1 unspecified atom stereocenters. The molecule has 1 aromatic rings. The molecule has 0 bridgehead atoms. The fraction of sp³-hybridized carbons (Fsp3) is 0.667. The van der Waals surface area contributed by atoms with Crippen LogP contribution in [0.2, 0.25) is 0 Å². The molecular weight excluding hydrogens is 214 g/mol. The van der Waals surface area contributed by atoms with Crippen molar-refractivity contribution >= 4 is 29.5 Å². The Morgan fingerprint density at radius 1 is 1.64 bits per heavy atom. The van der Waals surface area contributed by atoms with Gasteiger partial charge in [0.05, 0.1) is 0 Å². The van der Waals surface area contributed by atoms with Crippen LogP contribution in [0.3, 0.4) is 0 Å². The Morgan fingerprint density at radius 3 is 3.21 bits per heavy atom. The van der Waals surface area contributed by atoms with E-state index in [-0.39, 0.29) is 0 Å². The predicted octanol–water partition coefficient (Wildman–Crippen LogP) is 1.98. The Labute approximate surface area is 92.8 Å². The Kier molecular flexibility index (Phi) is 3.64. The van der Waals surface area contributed by atoms with Crippen molar-refractivity contribution in [3.8, 4) is 0 Å². The van der Waals surface area contributed by atoms with Crippen molar-refractivity contribution in [3.05, 3.63) is 11.9 Å². The summed E-state index contributed by atoms with van der Waals surface area (Å²) in [5.74, 6) is 4.76. The molecule has 1 aromatic heterocycles. The number of hydrogen-bond donors (Lipinski definition) is 2. The Morgan fingerprint density at radius 2 is 2.57 bits per heavy atom. The highest BCUT2D eigenvalue weighted by molar-refractivity contribution is 8.06. The lowest BCUT2D eigenvalue weighted by molar-refractivity contribution is 0.984. The third kappa shape index (κ3) is 2.85. The molecule has 0 saturated carbocycles. The lowest BCUT2D eigenvalue weighted by Crippen LogP contribution is -2.23. The van der Waals surface area contributed by atoms with Crippen LogP contribution in [0, 0.1) is 6.92 Å². The van der Waals surface area contributed by atoms with Gasteiger partial charge in [-0.1, -0.05) is 0 Å². The first-order valence-corrected chi connectivity index (χ1v) is 7.00. The Balaban J connectivity index is 1.76. The van der Waals surface area contributed by atoms with Crippen LogP contribution in [0.5, 0.6) is 0 Å². The highest BCUT2D eigenvalue weighted by Crippen LogP contribution is 2.23. The Bertz CT molecular complexity index is 281. The number of nitrogens with one attached hydrogen (secondary N) is 2. The number of aromatic amines is 1. The van der Waals surface area contributed by atoms with Crippen molar-refractivity contribution in [2.45, 2.75) is 12.2 Å². The van der Waals surface area contributed by atoms with Gasteiger partial charge >= 0.3 is 0 Å². The van der Waals surface area contributed by atoms with Crippen LogP contribution in [0.4, 0.5) is 5.95 Å². The maximum atomic E-state index is 4.22. The second-order valence-corrected chi connectivity index (χ2v) is 5.92. The smallest absolute Gasteiger partial charge is 0.200 e. The SMILES string of the molecule is Cc1cnc(NCC2CSCCS2)[nH]1. The molecule has 1 aliphatic heterocycles. The van der Waals surface area contributed by atoms with Gasteiger partial charge in [0.15, 0.2) is 5.95 Å². The number of aryl methyl sites for hydroxylation is 1. The van der Waals surface area contributed by atoms with Gasteiger partial charge < -0.3 is 10.3 Å². The molecule has 0 amide bonds. The number of aromatic nitrogens is 2. The minimum atomic E-state index is 0.735. The largest absolute Gasteiger partial charge is 0.355 e. The quantitative estimate of drug-likeness (QED) is 0.831. The summed E-state index contributed by atoms with van der Waals surface area (Å²) in [6.07, 6.45) is 1.85. The van der Waals surface area contributed by atoms with Gasteiger partial charge in [-0.05, 0) is 6.92 Å². The van der Waals surface area contributed by atoms with E-state index >= 15 is 0 Å². The molecule has 5 heteroatoms. The average molecular weight is 229 g/mol. The fourth-order valence-corrected chi connectivity index (χ4v) is 3.98. The molecule has 2 heterocycles. The van der Waals surface area contributed by atoms with Crippen LogP contribution in [0.15, 0.2) is 6.20 Å². The number of thioether (sulfide) groups is 2. The van der Waals surface area contributed by atoms with E-state index in [1.54, 1.807) is 0 Å². The minimum absolute atomic E-state index is 0.735. The topological polar surface area (TPSA) is 40.7 Å². The van der Waals surface area contributed by atoms with Crippen molar-refractivity contribution in [1.29, 1.82) is 0 Å². The third-order valence-corrected chi connectivity index (χ3v) is 4.93. The van der Waals surface area contributed by atoms with E-state index in [2.05, 4.69) is 38.8 Å². The lowest BCUT2D eigenvalue weighted by atomic mass is 10.5. The van der Waals surface area contributed by atoms with E-state index in [9.17, 15) is 0 Å². The lowest BCUT2D eigenvalue weighted by Gasteiger charge is -2.20. The van der Waals surface area contributed by atoms with Crippen LogP contribution >= 0.6 is 23.5 Å². The van der Waals surface area contributed by atoms with Gasteiger partial charge in [0, 0.05) is 40.9 Å². The molecular formula is C9H15N3S2. The second-order valence-electron chi connectivity index (χ2n) is 3.36. The molecule has 78 valence electrons. The number of imidazole rings is 1. The normalized spacial score (nSPS) is 22.2. The molecule has 0 radical (unpaired) electrons. The van der Waals surface area contributed by atoms with Crippen LogP contribution < -0.4 is 5.32 Å². The zero-order chi connectivity index (χ0) is 9.80. The van der Waals surface area contributed by atoms with Gasteiger partial charge in [-0.15, -0.1) is 0 Å². The van der Waals surface area contributed by atoms with Crippen LogP contribution in [0.1, 0.15) is 5.69 Å². The second kappa shape index (κ2) is 4.98. The van der Waals surface area contributed by atoms with Crippen molar-refractivity contribution in [3.63, 3.8) is 0 Å². The molecule has 1 aliphatic rings. The summed E-state index contributed by atoms with van der Waals surface area (Å²) in [4.78, 5) is 7.39. The molecule has 1 fully saturated rings. The molecule has 2 N–H and O–H groups in total. The van der Waals surface area contributed by atoms with E-state index in [1.807, 2.05) is 13.1 Å². The number of hydrogen-bond acceptors (Lipinski definition) is 4. The van der Waals surface area contributed by atoms with Crippen LogP contribution in [-0.2, 0) is 0 Å². The molecule has 2 rings (SSSR count). The van der Waals surface area contributed by atoms with Gasteiger partial charge in [-0.2, -0.15) is 23.5 Å². The Hall–Kier alpha value is -0.290. The van der Waals surface area contributed by atoms with Gasteiger partial charge in [0.25, 0.3) is 0 Å². The van der Waals surface area contributed by atoms with Crippen molar-refractivity contribution < 1.29 is 0 Å². The standard InChI is InChI=1S/C9H15N3S2/c1-7-4-10-9(12-7)11-5-8-6-13-2-3-14-8/h4,8H,2-3,5-6H2,1H3,(H2,10,11,12). The van der Waals surface area contributed by atoms with Crippen molar-refractivity contribution in [2.24, 2.45) is 0 Å². The summed E-state index contributed by atoms with van der Waals surface area (Å²) in [7, 11) is 0. The number of H-pyrrole nitrogens is 1. The van der Waals surface area contributed by atoms with Crippen molar-refractivity contribution in [2.75, 3.05) is 29.1 Å². The van der Waals surface area contributed by atoms with E-state index in [1.165, 1.54) is 17.3 Å². The first-order valence-electron chi connectivity index (χ1n) is 4.79. The summed E-state index contributed by atoms with van der Waals surface area (Å²) < 4.78 is 0. The minimum Gasteiger partial charge on any atom is -0.355 e. The summed E-state index contributed by atoms with van der Waals surface area (Å²) >= 11 is 4.12. The zero-order valence-electron chi connectivity index (χ0n) is 8.25. The van der Waals surface area contributed by atoms with Gasteiger partial charge in [0.1, 0.15) is 0 Å². The van der Waals surface area contributed by atoms with E-state index in [4.69, 9.17) is 0 Å². The number of anilines is 1. The first-order chi connectivity index (χ1) is 6.84. The molecule has 0 aromatic carbocycles. The van der Waals surface area contributed by atoms with Crippen molar-refractivity contribution in [1.82, 2.24) is 9.97 Å². The monoisotopic (exact) mass is 229 g/mol. The fourth-order valence-electron chi connectivity index (χ4n) is 1.37. The summed E-state index contributed by atoms with van der Waals surface area (Å²) in [5, 5.41) is 4.07. The number of rotatable bonds is 3. The molecule has 3 nitrogen and oxygen atoms in total. The predicted molar refractivity (Wildman–Crippen MR) is 65.4 cm³/mol. The molecule has 1 atom stereocenters. The summed E-state index contributed by atoms with van der Waals surface area (Å²) in [6, 6.07) is 0. The summed E-state index contributed by atoms with van der Waals surface area (Å²) in [6.45, 7) is 3.04. The number of nitrogens with zero attached hydrogens (tertiary/aromatic N) is 1. The van der Waals surface area contributed by atoms with E-state index in [0.29, 0.717) is 0 Å². The first kappa shape index (κ1) is 10.2. The highest BCUT2D eigenvalue weighted by atomic mass is 32.2. The van der Waals surface area contributed by atoms with Gasteiger partial charge in [-0.3, -0.25) is 0 Å². The van der Waals surface area contributed by atoms with Gasteiger partial charge in [-0.25, -0.2) is 4.98 Å². The molecule has 0 aliphatic carbocycles. The van der Waals surface area contributed by atoms with Crippen LogP contribution in [0.25, 0.3) is 0 Å². The molecule has 1 saturated heterocycles. The van der Waals surface area contributed by atoms with E-state index in [0.717, 1.165) is 23.4 Å². The average Bonchev–Trinajstić information content (AvgIpc) is 2.63. The van der Waals surface area contributed by atoms with Crippen LogP contribution in [-0.4, -0.2) is 39.0 Å². The van der Waals surface area contributed by atoms with Gasteiger partial charge in [0.2, 0.25) is 0 Å². The maximum absolute atomic E-state index is 4.22. The summed E-state index contributed by atoms with van der Waals surface area (Å²) in [5.41, 5.74) is 1.11. The third-order valence-electron chi connectivity index (χ3n) is 2.09. The zero-order valence-corrected chi connectivity index (χ0v) is 9.88. The maximum Gasteiger partial charge on any atom is 0.200 e.